The molecule has 24 heavy (non-hydrogen) atoms. The molecule has 136 valence electrons. The van der Waals surface area contributed by atoms with Crippen molar-refractivity contribution in [2.24, 2.45) is 0 Å². The van der Waals surface area contributed by atoms with Gasteiger partial charge < -0.3 is 28.4 Å². The van der Waals surface area contributed by atoms with Crippen LogP contribution in [0.5, 0.6) is 0 Å². The van der Waals surface area contributed by atoms with Crippen LogP contribution in [0.15, 0.2) is 0 Å². The summed E-state index contributed by atoms with van der Waals surface area (Å²) in [6.45, 7) is 3.34. The van der Waals surface area contributed by atoms with Crippen molar-refractivity contribution >= 4 is 23.9 Å². The highest BCUT2D eigenvalue weighted by Gasteiger charge is 2.54. The Morgan fingerprint density at radius 3 is 1.62 bits per heavy atom. The molecule has 0 N–H and O–H groups in total. The highest BCUT2D eigenvalue weighted by Crippen LogP contribution is 2.29. The van der Waals surface area contributed by atoms with Gasteiger partial charge in [0.1, 0.15) is 0 Å². The zero-order chi connectivity index (χ0) is 18.4. The van der Waals surface area contributed by atoms with Gasteiger partial charge in [-0.1, -0.05) is 0 Å². The second-order valence-corrected chi connectivity index (χ2v) is 4.91. The largest absolute Gasteiger partial charge is 0.467 e. The van der Waals surface area contributed by atoms with E-state index < -0.39 is 54.6 Å². The summed E-state index contributed by atoms with van der Waals surface area (Å²) in [6.07, 6.45) is -6.62. The van der Waals surface area contributed by atoms with Crippen LogP contribution in [0.4, 0.5) is 0 Å². The maximum absolute atomic E-state index is 11.9. The van der Waals surface area contributed by atoms with Crippen LogP contribution in [0.2, 0.25) is 0 Å². The van der Waals surface area contributed by atoms with Crippen molar-refractivity contribution in [3.05, 3.63) is 0 Å². The van der Waals surface area contributed by atoms with Crippen molar-refractivity contribution in [3.8, 4) is 0 Å². The van der Waals surface area contributed by atoms with Crippen molar-refractivity contribution in [1.82, 2.24) is 0 Å². The van der Waals surface area contributed by atoms with Crippen LogP contribution in [0.25, 0.3) is 0 Å². The lowest BCUT2D eigenvalue weighted by atomic mass is 9.97. The molecular formula is C14H20O10. The normalized spacial score (nSPS) is 29.3. The van der Waals surface area contributed by atoms with Gasteiger partial charge >= 0.3 is 23.9 Å². The van der Waals surface area contributed by atoms with Gasteiger partial charge in [0.2, 0.25) is 0 Å². The van der Waals surface area contributed by atoms with Crippen LogP contribution >= 0.6 is 0 Å². The van der Waals surface area contributed by atoms with Crippen LogP contribution in [0.1, 0.15) is 20.8 Å². The molecule has 0 bridgehead atoms. The standard InChI is InChI=1S/C14H20O10/c1-6(15)21-9-10(22-7(2)16)12(23-8(3)17)14(20-5)24-11(9)13(18)19-4/h9-12,14H,1-5H3/t9-,10+,11+,12-,14+/m1/s1. The SMILES string of the molecule is COC(=O)[C@H]1O[C@H](OC)[C@H](OC(C)=O)[C@@H](OC(C)=O)[C@H]1OC(C)=O. The molecule has 0 amide bonds. The highest BCUT2D eigenvalue weighted by molar-refractivity contribution is 5.77. The highest BCUT2D eigenvalue weighted by atomic mass is 16.7. The van der Waals surface area contributed by atoms with E-state index >= 15 is 0 Å². The molecule has 1 rings (SSSR count). The molecule has 0 saturated carbocycles. The molecule has 10 nitrogen and oxygen atoms in total. The van der Waals surface area contributed by atoms with E-state index in [2.05, 4.69) is 4.74 Å². The van der Waals surface area contributed by atoms with E-state index in [0.717, 1.165) is 27.9 Å². The molecule has 1 aliphatic heterocycles. The van der Waals surface area contributed by atoms with Gasteiger partial charge in [0.25, 0.3) is 0 Å². The first-order chi connectivity index (χ1) is 11.2. The summed E-state index contributed by atoms with van der Waals surface area (Å²) in [7, 11) is 2.35. The first kappa shape index (κ1) is 19.8. The number of hydrogen-bond acceptors (Lipinski definition) is 10. The van der Waals surface area contributed by atoms with Gasteiger partial charge in [0.05, 0.1) is 7.11 Å². The maximum Gasteiger partial charge on any atom is 0.339 e. The molecule has 0 aliphatic carbocycles. The van der Waals surface area contributed by atoms with Crippen molar-refractivity contribution < 1.29 is 47.6 Å². The van der Waals surface area contributed by atoms with Gasteiger partial charge in [-0.2, -0.15) is 0 Å². The molecule has 0 aromatic rings. The number of carbonyl (C=O) groups is 4. The van der Waals surface area contributed by atoms with Crippen molar-refractivity contribution in [2.45, 2.75) is 51.5 Å². The summed E-state index contributed by atoms with van der Waals surface area (Å²) in [5.41, 5.74) is 0. The number of methoxy groups -OCH3 is 2. The van der Waals surface area contributed by atoms with Crippen molar-refractivity contribution in [2.75, 3.05) is 14.2 Å². The summed E-state index contributed by atoms with van der Waals surface area (Å²) in [6, 6.07) is 0. The lowest BCUT2D eigenvalue weighted by molar-refractivity contribution is -0.296. The number of hydrogen-bond donors (Lipinski definition) is 0. The van der Waals surface area contributed by atoms with Gasteiger partial charge in [-0.3, -0.25) is 14.4 Å². The fourth-order valence-electron chi connectivity index (χ4n) is 2.27. The van der Waals surface area contributed by atoms with Crippen molar-refractivity contribution in [3.63, 3.8) is 0 Å². The monoisotopic (exact) mass is 348 g/mol. The molecule has 10 heteroatoms. The minimum atomic E-state index is -1.43. The predicted molar refractivity (Wildman–Crippen MR) is 74.3 cm³/mol. The Hall–Kier alpha value is -2.20. The predicted octanol–water partition coefficient (Wildman–Crippen LogP) is -0.674. The van der Waals surface area contributed by atoms with Crippen LogP contribution in [-0.2, 0) is 47.6 Å². The summed E-state index contributed by atoms with van der Waals surface area (Å²) in [5, 5.41) is 0. The minimum absolute atomic E-state index is 0.708. The fraction of sp³-hybridized carbons (Fsp3) is 0.714. The molecule has 1 heterocycles. The van der Waals surface area contributed by atoms with Gasteiger partial charge in [-0.05, 0) is 0 Å². The first-order valence-corrected chi connectivity index (χ1v) is 6.99. The Morgan fingerprint density at radius 2 is 1.21 bits per heavy atom. The summed E-state index contributed by atoms with van der Waals surface area (Å²) >= 11 is 0. The van der Waals surface area contributed by atoms with Crippen LogP contribution in [0, 0.1) is 0 Å². The van der Waals surface area contributed by atoms with Gasteiger partial charge in [0, 0.05) is 27.9 Å². The Balaban J connectivity index is 3.28. The molecule has 5 atom stereocenters. The average molecular weight is 348 g/mol. The van der Waals surface area contributed by atoms with E-state index in [9.17, 15) is 19.2 Å². The van der Waals surface area contributed by atoms with Gasteiger partial charge in [0.15, 0.2) is 30.7 Å². The van der Waals surface area contributed by atoms with Crippen LogP contribution in [-0.4, -0.2) is 68.8 Å². The van der Waals surface area contributed by atoms with Gasteiger partial charge in [-0.15, -0.1) is 0 Å². The topological polar surface area (TPSA) is 124 Å². The third-order valence-corrected chi connectivity index (χ3v) is 3.07. The first-order valence-electron chi connectivity index (χ1n) is 6.99. The molecule has 1 fully saturated rings. The smallest absolute Gasteiger partial charge is 0.339 e. The van der Waals surface area contributed by atoms with E-state index in [4.69, 9.17) is 23.7 Å². The second kappa shape index (κ2) is 8.60. The summed E-state index contributed by atoms with van der Waals surface area (Å²) < 4.78 is 30.3. The lowest BCUT2D eigenvalue weighted by Gasteiger charge is -2.42. The molecule has 1 aliphatic rings. The molecule has 0 aromatic carbocycles. The number of carbonyl (C=O) groups excluding carboxylic acids is 4. The molecule has 1 saturated heterocycles. The van der Waals surface area contributed by atoms with E-state index in [-0.39, 0.29) is 0 Å². The molecule has 0 radical (unpaired) electrons. The van der Waals surface area contributed by atoms with Gasteiger partial charge in [-0.25, -0.2) is 4.79 Å². The lowest BCUT2D eigenvalue weighted by Crippen LogP contribution is -2.63. The molecule has 0 spiro atoms. The zero-order valence-corrected chi connectivity index (χ0v) is 14.0. The zero-order valence-electron chi connectivity index (χ0n) is 14.0. The molecule has 0 aromatic heterocycles. The Kier molecular flexibility index (Phi) is 7.11. The summed E-state index contributed by atoms with van der Waals surface area (Å²) in [4.78, 5) is 46.1. The van der Waals surface area contributed by atoms with Crippen LogP contribution in [0.3, 0.4) is 0 Å². The summed E-state index contributed by atoms with van der Waals surface area (Å²) in [5.74, 6) is -3.08. The number of esters is 4. The van der Waals surface area contributed by atoms with E-state index in [1.165, 1.54) is 7.11 Å². The number of rotatable bonds is 5. The van der Waals surface area contributed by atoms with E-state index in [1.54, 1.807) is 0 Å². The van der Waals surface area contributed by atoms with Crippen molar-refractivity contribution in [1.29, 1.82) is 0 Å². The Morgan fingerprint density at radius 1 is 0.750 bits per heavy atom. The van der Waals surface area contributed by atoms with E-state index in [0.29, 0.717) is 0 Å². The molecule has 0 unspecified atom stereocenters. The van der Waals surface area contributed by atoms with Crippen LogP contribution < -0.4 is 0 Å². The third kappa shape index (κ3) is 4.90. The third-order valence-electron chi connectivity index (χ3n) is 3.07. The number of ether oxygens (including phenoxy) is 6. The Bertz CT molecular complexity index is 502. The molecular weight excluding hydrogens is 328 g/mol. The second-order valence-electron chi connectivity index (χ2n) is 4.91. The minimum Gasteiger partial charge on any atom is -0.467 e. The quantitative estimate of drug-likeness (QED) is 0.466. The Labute approximate surface area is 138 Å². The van der Waals surface area contributed by atoms with E-state index in [1.807, 2.05) is 0 Å². The average Bonchev–Trinajstić information content (AvgIpc) is 2.48. The fourth-order valence-corrected chi connectivity index (χ4v) is 2.27. The maximum atomic E-state index is 11.9.